The van der Waals surface area contributed by atoms with Crippen molar-refractivity contribution in [3.8, 4) is 0 Å². The zero-order valence-electron chi connectivity index (χ0n) is 16.1. The van der Waals surface area contributed by atoms with Crippen molar-refractivity contribution in [2.45, 2.75) is 13.1 Å². The molecule has 160 valence electrons. The predicted molar refractivity (Wildman–Crippen MR) is 104 cm³/mol. The van der Waals surface area contributed by atoms with Gasteiger partial charge in [-0.3, -0.25) is 4.79 Å². The average Bonchev–Trinajstić information content (AvgIpc) is 3.16. The largest absolute Gasteiger partial charge is 0.451 e. The molecule has 0 fully saturated rings. The van der Waals surface area contributed by atoms with Gasteiger partial charge in [-0.15, -0.1) is 5.10 Å². The Hall–Kier alpha value is -4.02. The number of nitrogens with one attached hydrogen (secondary N) is 1. The highest BCUT2D eigenvalue weighted by Crippen LogP contribution is 2.30. The molecule has 0 unspecified atom stereocenters. The molecule has 0 aliphatic heterocycles. The molecule has 2 aromatic carbocycles. The Kier molecular flexibility index (Phi) is 6.43. The number of ether oxygens (including phenoxy) is 1. The summed E-state index contributed by atoms with van der Waals surface area (Å²) in [7, 11) is 0. The van der Waals surface area contributed by atoms with Gasteiger partial charge in [0.25, 0.3) is 5.91 Å². The topological polar surface area (TPSA) is 99.0 Å². The van der Waals surface area contributed by atoms with E-state index in [9.17, 15) is 22.8 Å². The molecule has 8 nitrogen and oxygen atoms in total. The fraction of sp³-hybridized carbons (Fsp3) is 0.150. The smallest absolute Gasteiger partial charge is 0.416 e. The summed E-state index contributed by atoms with van der Waals surface area (Å²) in [5, 5.41) is 13.2. The first-order valence-corrected chi connectivity index (χ1v) is 8.90. The predicted octanol–water partition coefficient (Wildman–Crippen LogP) is 3.18. The van der Waals surface area contributed by atoms with Crippen molar-refractivity contribution in [1.82, 2.24) is 20.2 Å². The maximum Gasteiger partial charge on any atom is 0.416 e. The summed E-state index contributed by atoms with van der Waals surface area (Å²) in [6.07, 6.45) is -3.07. The third-order valence-electron chi connectivity index (χ3n) is 3.97. The number of tetrazole rings is 1. The second-order valence-electron chi connectivity index (χ2n) is 6.28. The molecule has 0 radical (unpaired) electrons. The molecule has 0 spiro atoms. The zero-order valence-corrected chi connectivity index (χ0v) is 16.1. The first-order chi connectivity index (χ1) is 14.7. The molecule has 0 saturated heterocycles. The van der Waals surface area contributed by atoms with Crippen LogP contribution < -0.4 is 5.32 Å². The van der Waals surface area contributed by atoms with Crippen LogP contribution in [0.25, 0.3) is 11.8 Å². The number of aryl methyl sites for hydroxylation is 1. The number of nitrogens with zero attached hydrogens (tertiary/aromatic N) is 4. The van der Waals surface area contributed by atoms with Crippen LogP contribution in [0, 0.1) is 6.92 Å². The highest BCUT2D eigenvalue weighted by Gasteiger charge is 2.30. The lowest BCUT2D eigenvalue weighted by molar-refractivity contribution is -0.141. The minimum absolute atomic E-state index is 0.0411. The van der Waals surface area contributed by atoms with E-state index < -0.39 is 30.2 Å². The van der Waals surface area contributed by atoms with E-state index in [4.69, 9.17) is 4.74 Å². The van der Waals surface area contributed by atoms with Crippen molar-refractivity contribution < 1.29 is 27.5 Å². The van der Waals surface area contributed by atoms with Gasteiger partial charge in [0.1, 0.15) is 0 Å². The van der Waals surface area contributed by atoms with Crippen LogP contribution in [0.1, 0.15) is 17.0 Å². The Morgan fingerprint density at radius 2 is 1.87 bits per heavy atom. The second-order valence-corrected chi connectivity index (χ2v) is 6.28. The van der Waals surface area contributed by atoms with Crippen LogP contribution in [-0.4, -0.2) is 38.7 Å². The van der Waals surface area contributed by atoms with Gasteiger partial charge in [0.15, 0.2) is 18.1 Å². The van der Waals surface area contributed by atoms with Gasteiger partial charge < -0.3 is 10.1 Å². The molecule has 1 N–H and O–H groups in total. The van der Waals surface area contributed by atoms with Crippen molar-refractivity contribution in [3.63, 3.8) is 0 Å². The van der Waals surface area contributed by atoms with Crippen LogP contribution in [0.15, 0.2) is 54.6 Å². The van der Waals surface area contributed by atoms with Crippen molar-refractivity contribution in [3.05, 3.63) is 71.5 Å². The number of hydrogen-bond donors (Lipinski definition) is 1. The molecule has 3 aromatic rings. The highest BCUT2D eigenvalue weighted by molar-refractivity contribution is 6.15. The summed E-state index contributed by atoms with van der Waals surface area (Å²) in [6.45, 7) is 0.856. The van der Waals surface area contributed by atoms with Gasteiger partial charge in [-0.05, 0) is 47.2 Å². The summed E-state index contributed by atoms with van der Waals surface area (Å²) in [5.74, 6) is -1.38. The minimum atomic E-state index is -4.55. The Bertz CT molecular complexity index is 1110. The minimum Gasteiger partial charge on any atom is -0.451 e. The Labute approximate surface area is 174 Å². The molecular formula is C20H16F3N5O3. The van der Waals surface area contributed by atoms with E-state index >= 15 is 0 Å². The van der Waals surface area contributed by atoms with E-state index in [-0.39, 0.29) is 11.4 Å². The lowest BCUT2D eigenvalue weighted by Crippen LogP contribution is -2.23. The van der Waals surface area contributed by atoms with Crippen LogP contribution in [0.5, 0.6) is 0 Å². The molecule has 0 aliphatic carbocycles. The van der Waals surface area contributed by atoms with Crippen molar-refractivity contribution in [2.75, 3.05) is 11.9 Å². The van der Waals surface area contributed by atoms with E-state index in [2.05, 4.69) is 20.8 Å². The average molecular weight is 431 g/mol. The second kappa shape index (κ2) is 9.20. The van der Waals surface area contributed by atoms with Gasteiger partial charge in [-0.1, -0.05) is 36.4 Å². The summed E-state index contributed by atoms with van der Waals surface area (Å²) in [6, 6.07) is 12.9. The molecule has 3 rings (SSSR count). The Morgan fingerprint density at radius 1 is 1.13 bits per heavy atom. The number of rotatable bonds is 6. The fourth-order valence-electron chi connectivity index (χ4n) is 2.54. The zero-order chi connectivity index (χ0) is 22.4. The van der Waals surface area contributed by atoms with Crippen LogP contribution in [0.2, 0.25) is 0 Å². The summed E-state index contributed by atoms with van der Waals surface area (Å²) in [5.41, 5.74) is -0.366. The van der Waals surface area contributed by atoms with Crippen LogP contribution in [0.3, 0.4) is 0 Å². The maximum absolute atomic E-state index is 12.8. The monoisotopic (exact) mass is 431 g/mol. The van der Waals surface area contributed by atoms with Gasteiger partial charge in [0.2, 0.25) is 0 Å². The number of alkyl halides is 3. The van der Waals surface area contributed by atoms with E-state index in [1.165, 1.54) is 12.1 Å². The summed E-state index contributed by atoms with van der Waals surface area (Å²) in [4.78, 5) is 24.7. The number of hydrogen-bond acceptors (Lipinski definition) is 6. The highest BCUT2D eigenvalue weighted by atomic mass is 19.4. The van der Waals surface area contributed by atoms with Gasteiger partial charge in [-0.25, -0.2) is 4.79 Å². The van der Waals surface area contributed by atoms with Gasteiger partial charge in [-0.2, -0.15) is 17.9 Å². The lowest BCUT2D eigenvalue weighted by Gasteiger charge is -2.11. The number of carbonyl (C=O) groups excluding carboxylic acids is 2. The quantitative estimate of drug-likeness (QED) is 0.476. The number of anilines is 1. The molecular weight excluding hydrogens is 415 g/mol. The van der Waals surface area contributed by atoms with Crippen LogP contribution in [-0.2, 0) is 20.5 Å². The third-order valence-corrected chi connectivity index (χ3v) is 3.97. The van der Waals surface area contributed by atoms with Crippen molar-refractivity contribution in [2.24, 2.45) is 0 Å². The third kappa shape index (κ3) is 5.75. The normalized spacial score (nSPS) is 11.8. The first-order valence-electron chi connectivity index (χ1n) is 8.90. The molecule has 1 amide bonds. The standard InChI is InChI=1S/C20H16F3N5O3/c1-13-25-26-27-28(13)17(10-14-6-3-2-4-7-14)19(30)31-12-18(29)24-16-9-5-8-15(11-16)20(21,22)23/h2-11H,12H2,1H3,(H,24,29)/b17-10-. The molecule has 11 heteroatoms. The maximum atomic E-state index is 12.8. The number of halogens is 3. The fourth-order valence-corrected chi connectivity index (χ4v) is 2.54. The molecule has 0 bridgehead atoms. The van der Waals surface area contributed by atoms with E-state index in [1.807, 2.05) is 0 Å². The number of amides is 1. The number of benzene rings is 2. The molecule has 0 saturated carbocycles. The molecule has 0 atom stereocenters. The number of aromatic nitrogens is 4. The number of carbonyl (C=O) groups is 2. The molecule has 0 aliphatic rings. The summed E-state index contributed by atoms with van der Waals surface area (Å²) >= 11 is 0. The SMILES string of the molecule is Cc1nnnn1/C(=C\c1ccccc1)C(=O)OCC(=O)Nc1cccc(C(F)(F)F)c1. The summed E-state index contributed by atoms with van der Waals surface area (Å²) < 4.78 is 44.5. The van der Waals surface area contributed by atoms with Crippen molar-refractivity contribution >= 4 is 29.3 Å². The van der Waals surface area contributed by atoms with Gasteiger partial charge in [0, 0.05) is 5.69 Å². The molecule has 1 aromatic heterocycles. The molecule has 31 heavy (non-hydrogen) atoms. The molecule has 1 heterocycles. The Morgan fingerprint density at radius 3 is 2.52 bits per heavy atom. The van der Waals surface area contributed by atoms with E-state index in [0.29, 0.717) is 11.4 Å². The van der Waals surface area contributed by atoms with Gasteiger partial charge >= 0.3 is 12.1 Å². The van der Waals surface area contributed by atoms with Gasteiger partial charge in [0.05, 0.1) is 5.56 Å². The van der Waals surface area contributed by atoms with E-state index in [1.54, 1.807) is 37.3 Å². The number of esters is 1. The van der Waals surface area contributed by atoms with Crippen molar-refractivity contribution in [1.29, 1.82) is 0 Å². The van der Waals surface area contributed by atoms with E-state index in [0.717, 1.165) is 22.9 Å². The lowest BCUT2D eigenvalue weighted by atomic mass is 10.2. The Balaban J connectivity index is 1.71. The van der Waals surface area contributed by atoms with Crippen LogP contribution in [0.4, 0.5) is 18.9 Å². The van der Waals surface area contributed by atoms with Crippen LogP contribution >= 0.6 is 0 Å². The first kappa shape index (κ1) is 21.7.